The first-order valence-electron chi connectivity index (χ1n) is 7.96. The number of aryl methyl sites for hydroxylation is 1. The smallest absolute Gasteiger partial charge is 0.246 e. The summed E-state index contributed by atoms with van der Waals surface area (Å²) in [6.45, 7) is 6.52. The molecule has 0 N–H and O–H groups in total. The Morgan fingerprint density at radius 3 is 2.83 bits per heavy atom. The molecule has 0 spiro atoms. The first-order chi connectivity index (χ1) is 11.7. The van der Waals surface area contributed by atoms with Crippen molar-refractivity contribution in [3.63, 3.8) is 0 Å². The van der Waals surface area contributed by atoms with Gasteiger partial charge in [0, 0.05) is 13.1 Å². The Morgan fingerprint density at radius 1 is 1.38 bits per heavy atom. The van der Waals surface area contributed by atoms with E-state index >= 15 is 0 Å². The predicted molar refractivity (Wildman–Crippen MR) is 85.4 cm³/mol. The summed E-state index contributed by atoms with van der Waals surface area (Å²) in [5.74, 6) is 1.95. The molecule has 2 aromatic rings. The highest BCUT2D eigenvalue weighted by molar-refractivity contribution is 5.34. The van der Waals surface area contributed by atoms with Gasteiger partial charge in [-0.3, -0.25) is 4.90 Å². The van der Waals surface area contributed by atoms with Gasteiger partial charge in [-0.05, 0) is 38.1 Å². The zero-order valence-electron chi connectivity index (χ0n) is 13.8. The van der Waals surface area contributed by atoms with Crippen LogP contribution in [0.5, 0.6) is 5.75 Å². The summed E-state index contributed by atoms with van der Waals surface area (Å²) >= 11 is 0. The van der Waals surface area contributed by atoms with Crippen molar-refractivity contribution in [3.8, 4) is 11.8 Å². The van der Waals surface area contributed by atoms with Crippen molar-refractivity contribution in [2.45, 2.75) is 26.0 Å². The van der Waals surface area contributed by atoms with Crippen LogP contribution in [0.15, 0.2) is 28.8 Å². The van der Waals surface area contributed by atoms with Gasteiger partial charge in [0.25, 0.3) is 0 Å². The van der Waals surface area contributed by atoms with Gasteiger partial charge in [-0.2, -0.15) is 10.2 Å². The van der Waals surface area contributed by atoms with Crippen molar-refractivity contribution in [1.29, 1.82) is 5.26 Å². The van der Waals surface area contributed by atoms with Crippen molar-refractivity contribution in [1.82, 2.24) is 15.0 Å². The Balaban J connectivity index is 1.60. The number of nitriles is 1. The topological polar surface area (TPSA) is 84.4 Å². The molecule has 7 heteroatoms. The van der Waals surface area contributed by atoms with Gasteiger partial charge in [0.2, 0.25) is 5.89 Å². The van der Waals surface area contributed by atoms with Crippen molar-refractivity contribution in [2.75, 3.05) is 26.3 Å². The van der Waals surface area contributed by atoms with Crippen LogP contribution in [0.3, 0.4) is 0 Å². The number of aromatic nitrogens is 2. The zero-order valence-corrected chi connectivity index (χ0v) is 13.8. The second-order valence-corrected chi connectivity index (χ2v) is 5.72. The highest BCUT2D eigenvalue weighted by Gasteiger charge is 2.34. The second kappa shape index (κ2) is 7.43. The van der Waals surface area contributed by atoms with E-state index in [1.165, 1.54) is 0 Å². The van der Waals surface area contributed by atoms with Gasteiger partial charge in [-0.25, -0.2) is 0 Å². The largest absolute Gasteiger partial charge is 0.492 e. The quantitative estimate of drug-likeness (QED) is 0.831. The van der Waals surface area contributed by atoms with Crippen molar-refractivity contribution >= 4 is 0 Å². The van der Waals surface area contributed by atoms with Gasteiger partial charge >= 0.3 is 0 Å². The van der Waals surface area contributed by atoms with E-state index in [4.69, 9.17) is 19.3 Å². The molecule has 0 saturated carbocycles. The van der Waals surface area contributed by atoms with Crippen LogP contribution in [-0.2, 0) is 4.74 Å². The number of benzene rings is 1. The number of ether oxygens (including phenoxy) is 2. The normalized spacial score (nSPS) is 21.4. The van der Waals surface area contributed by atoms with E-state index in [0.717, 1.165) is 18.8 Å². The minimum atomic E-state index is -0.0653. The average molecular weight is 328 g/mol. The summed E-state index contributed by atoms with van der Waals surface area (Å²) in [7, 11) is 0. The fourth-order valence-electron chi connectivity index (χ4n) is 2.83. The molecule has 1 aliphatic rings. The summed E-state index contributed by atoms with van der Waals surface area (Å²) in [5, 5.41) is 12.7. The molecule has 0 radical (unpaired) electrons. The lowest BCUT2D eigenvalue weighted by Gasteiger charge is -2.37. The van der Waals surface area contributed by atoms with E-state index < -0.39 is 0 Å². The first-order valence-corrected chi connectivity index (χ1v) is 7.96. The van der Waals surface area contributed by atoms with E-state index in [1.807, 2.05) is 6.92 Å². The third kappa shape index (κ3) is 3.72. The SMILES string of the molecule is Cc1noc([C@@H]2[C@@H](C)OCCN2CCOc2ccc(C#N)cc2)n1. The third-order valence-corrected chi connectivity index (χ3v) is 4.02. The summed E-state index contributed by atoms with van der Waals surface area (Å²) in [5.41, 5.74) is 0.621. The lowest BCUT2D eigenvalue weighted by molar-refractivity contribution is -0.0755. The highest BCUT2D eigenvalue weighted by Crippen LogP contribution is 2.28. The molecule has 7 nitrogen and oxygen atoms in total. The molecule has 1 saturated heterocycles. The van der Waals surface area contributed by atoms with Crippen molar-refractivity contribution in [2.24, 2.45) is 0 Å². The molecule has 2 atom stereocenters. The Kier molecular flexibility index (Phi) is 5.08. The third-order valence-electron chi connectivity index (χ3n) is 4.02. The monoisotopic (exact) mass is 328 g/mol. The molecule has 0 unspecified atom stereocenters. The maximum Gasteiger partial charge on any atom is 0.246 e. The Labute approximate surface area is 140 Å². The fourth-order valence-corrected chi connectivity index (χ4v) is 2.83. The fraction of sp³-hybridized carbons (Fsp3) is 0.471. The maximum atomic E-state index is 8.81. The van der Waals surface area contributed by atoms with E-state index in [0.29, 0.717) is 30.5 Å². The minimum Gasteiger partial charge on any atom is -0.492 e. The predicted octanol–water partition coefficient (Wildman–Crippen LogP) is 2.09. The molecule has 126 valence electrons. The van der Waals surface area contributed by atoms with Gasteiger partial charge < -0.3 is 14.0 Å². The molecule has 0 aliphatic carbocycles. The minimum absolute atomic E-state index is 0.0199. The van der Waals surface area contributed by atoms with Crippen LogP contribution in [0.1, 0.15) is 30.2 Å². The molecule has 0 amide bonds. The Bertz CT molecular complexity index is 707. The molecule has 1 fully saturated rings. The van der Waals surface area contributed by atoms with Crippen LogP contribution in [-0.4, -0.2) is 47.4 Å². The molecular weight excluding hydrogens is 308 g/mol. The molecule has 3 rings (SSSR count). The van der Waals surface area contributed by atoms with Crippen LogP contribution in [0.25, 0.3) is 0 Å². The lowest BCUT2D eigenvalue weighted by Crippen LogP contribution is -2.45. The molecule has 1 aromatic carbocycles. The number of hydrogen-bond acceptors (Lipinski definition) is 7. The summed E-state index contributed by atoms with van der Waals surface area (Å²) in [4.78, 5) is 6.59. The zero-order chi connectivity index (χ0) is 16.9. The standard InChI is InChI=1S/C17H20N4O3/c1-12-16(17-19-13(2)20-24-17)21(7-9-22-12)8-10-23-15-5-3-14(11-18)4-6-15/h3-6,12,16H,7-10H2,1-2H3/t12-,16+/m1/s1. The number of morpholine rings is 1. The van der Waals surface area contributed by atoms with Crippen LogP contribution >= 0.6 is 0 Å². The average Bonchev–Trinajstić information content (AvgIpc) is 3.01. The number of hydrogen-bond donors (Lipinski definition) is 0. The maximum absolute atomic E-state index is 8.81. The van der Waals surface area contributed by atoms with Crippen LogP contribution in [0, 0.1) is 18.3 Å². The van der Waals surface area contributed by atoms with Crippen LogP contribution in [0.4, 0.5) is 0 Å². The molecule has 1 aromatic heterocycles. The molecule has 1 aliphatic heterocycles. The Hall–Kier alpha value is -2.43. The second-order valence-electron chi connectivity index (χ2n) is 5.72. The van der Waals surface area contributed by atoms with E-state index in [1.54, 1.807) is 31.2 Å². The van der Waals surface area contributed by atoms with Crippen molar-refractivity contribution < 1.29 is 14.0 Å². The molecular formula is C17H20N4O3. The summed E-state index contributed by atoms with van der Waals surface area (Å²) < 4.78 is 16.8. The summed E-state index contributed by atoms with van der Waals surface area (Å²) in [6, 6.07) is 9.13. The lowest BCUT2D eigenvalue weighted by atomic mass is 10.1. The molecule has 24 heavy (non-hydrogen) atoms. The summed E-state index contributed by atoms with van der Waals surface area (Å²) in [6.07, 6.45) is -0.0199. The van der Waals surface area contributed by atoms with Crippen LogP contribution in [0.2, 0.25) is 0 Å². The molecule has 0 bridgehead atoms. The first kappa shape index (κ1) is 16.4. The van der Waals surface area contributed by atoms with Gasteiger partial charge in [-0.1, -0.05) is 5.16 Å². The number of rotatable bonds is 5. The van der Waals surface area contributed by atoms with Gasteiger partial charge in [0.05, 0.1) is 24.3 Å². The van der Waals surface area contributed by atoms with Gasteiger partial charge in [-0.15, -0.1) is 0 Å². The van der Waals surface area contributed by atoms with Crippen LogP contribution < -0.4 is 4.74 Å². The van der Waals surface area contributed by atoms with Gasteiger partial charge in [0.15, 0.2) is 5.82 Å². The van der Waals surface area contributed by atoms with Gasteiger partial charge in [0.1, 0.15) is 18.4 Å². The molecule has 2 heterocycles. The highest BCUT2D eigenvalue weighted by atomic mass is 16.5. The van der Waals surface area contributed by atoms with Crippen molar-refractivity contribution in [3.05, 3.63) is 41.5 Å². The van der Waals surface area contributed by atoms with E-state index in [-0.39, 0.29) is 12.1 Å². The number of nitrogens with zero attached hydrogens (tertiary/aromatic N) is 4. The van der Waals surface area contributed by atoms with E-state index in [9.17, 15) is 0 Å². The Morgan fingerprint density at radius 2 is 2.17 bits per heavy atom. The van der Waals surface area contributed by atoms with E-state index in [2.05, 4.69) is 21.1 Å².